The summed E-state index contributed by atoms with van der Waals surface area (Å²) in [5.41, 5.74) is 12.8. The Kier molecular flexibility index (Phi) is 6.19. The minimum atomic E-state index is -0.321. The van der Waals surface area contributed by atoms with Crippen molar-refractivity contribution in [3.05, 3.63) is 101 Å². The van der Waals surface area contributed by atoms with E-state index in [1.54, 1.807) is 12.5 Å². The van der Waals surface area contributed by atoms with Gasteiger partial charge in [0.05, 0.1) is 22.9 Å². The molecule has 0 unspecified atom stereocenters. The summed E-state index contributed by atoms with van der Waals surface area (Å²) >= 11 is 0. The van der Waals surface area contributed by atoms with Gasteiger partial charge in [-0.15, -0.1) is 0 Å². The van der Waals surface area contributed by atoms with Crippen molar-refractivity contribution in [3.8, 4) is 34.4 Å². The number of amides is 1. The first-order valence-corrected chi connectivity index (χ1v) is 13.6. The van der Waals surface area contributed by atoms with Crippen molar-refractivity contribution >= 4 is 29.2 Å². The number of nitrogen functional groups attached to an aromatic ring is 1. The number of anilines is 1. The molecule has 0 fully saturated rings. The number of nitrogens with one attached hydrogen (secondary N) is 1. The molecule has 4 aromatic heterocycles. The summed E-state index contributed by atoms with van der Waals surface area (Å²) in [6.07, 6.45) is 5.19. The Labute approximate surface area is 245 Å². The fourth-order valence-corrected chi connectivity index (χ4v) is 5.50. The Hall–Kier alpha value is -5.84. The van der Waals surface area contributed by atoms with Crippen LogP contribution in [0.15, 0.2) is 77.5 Å². The standard InChI is InChI=1S/C32H25N7O4/c1-17-16-43-32(35-17)26-10-9-25-30(37-26)39(29(36-25)23-3-2-12-34-28(23)33)21-6-7-22-18(14-21)4-8-24(22)38-31(42)19-5-11-27(41)20(13-19)15-40/h2-3,5-7,9-16,24,41H,4,8H2,1H3,(H2,33,34)(H,38,42)/t24-/m0/s1. The molecule has 0 aliphatic heterocycles. The Morgan fingerprint density at radius 3 is 2.79 bits per heavy atom. The fourth-order valence-electron chi connectivity index (χ4n) is 5.50. The topological polar surface area (TPSA) is 162 Å². The molecule has 4 heterocycles. The molecule has 0 spiro atoms. The van der Waals surface area contributed by atoms with Gasteiger partial charge in [0.2, 0.25) is 5.89 Å². The molecule has 0 saturated carbocycles. The lowest BCUT2D eigenvalue weighted by atomic mass is 10.1. The second kappa shape index (κ2) is 10.2. The predicted octanol–water partition coefficient (Wildman–Crippen LogP) is 4.96. The number of nitrogens with zero attached hydrogens (tertiary/aromatic N) is 5. The maximum atomic E-state index is 13.0. The Morgan fingerprint density at radius 1 is 1.12 bits per heavy atom. The number of aromatic nitrogens is 5. The van der Waals surface area contributed by atoms with Crippen LogP contribution in [0, 0.1) is 6.92 Å². The molecule has 2 aromatic carbocycles. The number of benzene rings is 2. The van der Waals surface area contributed by atoms with Crippen LogP contribution in [-0.4, -0.2) is 41.8 Å². The minimum absolute atomic E-state index is 0.0662. The van der Waals surface area contributed by atoms with Crippen LogP contribution >= 0.6 is 0 Å². The van der Waals surface area contributed by atoms with Gasteiger partial charge in [0, 0.05) is 17.4 Å². The van der Waals surface area contributed by atoms with E-state index in [0.29, 0.717) is 58.2 Å². The lowest BCUT2D eigenvalue weighted by Crippen LogP contribution is -2.27. The number of aldehydes is 1. The van der Waals surface area contributed by atoms with Crippen molar-refractivity contribution in [1.29, 1.82) is 0 Å². The third kappa shape index (κ3) is 4.56. The lowest BCUT2D eigenvalue weighted by Gasteiger charge is -2.16. The molecule has 0 radical (unpaired) electrons. The third-order valence-corrected chi connectivity index (χ3v) is 7.61. The van der Waals surface area contributed by atoms with Crippen molar-refractivity contribution in [3.63, 3.8) is 0 Å². The molecule has 6 aromatic rings. The highest BCUT2D eigenvalue weighted by atomic mass is 16.3. The average molecular weight is 572 g/mol. The molecule has 4 N–H and O–H groups in total. The number of aryl methyl sites for hydroxylation is 2. The van der Waals surface area contributed by atoms with E-state index in [1.165, 1.54) is 18.2 Å². The van der Waals surface area contributed by atoms with Gasteiger partial charge in [0.25, 0.3) is 5.91 Å². The first-order valence-electron chi connectivity index (χ1n) is 13.6. The summed E-state index contributed by atoms with van der Waals surface area (Å²) in [4.78, 5) is 42.7. The number of hydrogen-bond acceptors (Lipinski definition) is 9. The zero-order chi connectivity index (χ0) is 29.7. The zero-order valence-electron chi connectivity index (χ0n) is 23.0. The van der Waals surface area contributed by atoms with Gasteiger partial charge in [0.15, 0.2) is 17.8 Å². The maximum Gasteiger partial charge on any atom is 0.251 e. The largest absolute Gasteiger partial charge is 0.507 e. The number of pyridine rings is 2. The number of carbonyl (C=O) groups is 2. The van der Waals surface area contributed by atoms with Gasteiger partial charge in [-0.1, -0.05) is 6.07 Å². The molecular weight excluding hydrogens is 546 g/mol. The van der Waals surface area contributed by atoms with Crippen LogP contribution in [0.1, 0.15) is 50.0 Å². The number of hydrogen-bond donors (Lipinski definition) is 3. The summed E-state index contributed by atoms with van der Waals surface area (Å²) in [5.74, 6) is 0.866. The number of oxazole rings is 1. The first kappa shape index (κ1) is 26.1. The molecule has 1 aliphatic rings. The number of nitrogens with two attached hydrogens (primary N) is 1. The smallest absolute Gasteiger partial charge is 0.251 e. The minimum Gasteiger partial charge on any atom is -0.507 e. The van der Waals surface area contributed by atoms with Crippen molar-refractivity contribution in [1.82, 2.24) is 29.8 Å². The summed E-state index contributed by atoms with van der Waals surface area (Å²) in [5, 5.41) is 12.9. The SMILES string of the molecule is Cc1coc(-c2ccc3nc(-c4cccnc4N)n(-c4ccc5c(c4)CC[C@@H]5NC(=O)c4ccc(O)c(C=O)c4)c3n2)n1. The first-order chi connectivity index (χ1) is 20.9. The van der Waals surface area contributed by atoms with Crippen LogP contribution < -0.4 is 11.1 Å². The lowest BCUT2D eigenvalue weighted by molar-refractivity contribution is 0.0936. The molecule has 212 valence electrons. The van der Waals surface area contributed by atoms with Gasteiger partial charge < -0.3 is 20.6 Å². The van der Waals surface area contributed by atoms with E-state index in [4.69, 9.17) is 20.1 Å². The van der Waals surface area contributed by atoms with Crippen LogP contribution in [0.3, 0.4) is 0 Å². The van der Waals surface area contributed by atoms with Crippen LogP contribution in [0.25, 0.3) is 39.8 Å². The second-order valence-electron chi connectivity index (χ2n) is 10.4. The van der Waals surface area contributed by atoms with E-state index in [2.05, 4.69) is 21.4 Å². The number of carbonyl (C=O) groups excluding carboxylic acids is 2. The number of phenolic OH excluding ortho intramolecular Hbond substituents is 1. The molecule has 11 heteroatoms. The van der Waals surface area contributed by atoms with Gasteiger partial charge in [0.1, 0.15) is 29.0 Å². The molecule has 7 rings (SSSR count). The van der Waals surface area contributed by atoms with E-state index in [0.717, 1.165) is 28.9 Å². The van der Waals surface area contributed by atoms with E-state index >= 15 is 0 Å². The number of fused-ring (bicyclic) bond motifs is 2. The fraction of sp³-hybridized carbons (Fsp3) is 0.125. The van der Waals surface area contributed by atoms with Crippen molar-refractivity contribution < 1.29 is 19.1 Å². The Bertz CT molecular complexity index is 2060. The number of rotatable bonds is 6. The maximum absolute atomic E-state index is 13.0. The average Bonchev–Trinajstić information content (AvgIpc) is 3.73. The van der Waals surface area contributed by atoms with E-state index in [1.807, 2.05) is 47.9 Å². The van der Waals surface area contributed by atoms with Gasteiger partial charge in [-0.25, -0.2) is 19.9 Å². The van der Waals surface area contributed by atoms with Gasteiger partial charge >= 0.3 is 0 Å². The van der Waals surface area contributed by atoms with Gasteiger partial charge in [-0.2, -0.15) is 0 Å². The quantitative estimate of drug-likeness (QED) is 0.234. The molecule has 1 atom stereocenters. The predicted molar refractivity (Wildman–Crippen MR) is 159 cm³/mol. The third-order valence-electron chi connectivity index (χ3n) is 7.61. The molecule has 1 aliphatic carbocycles. The number of aromatic hydroxyl groups is 1. The molecular formula is C32H25N7O4. The van der Waals surface area contributed by atoms with Crippen LogP contribution in [-0.2, 0) is 6.42 Å². The molecule has 0 bridgehead atoms. The highest BCUT2D eigenvalue weighted by Crippen LogP contribution is 2.36. The van der Waals surface area contributed by atoms with Gasteiger partial charge in [-0.3, -0.25) is 14.2 Å². The van der Waals surface area contributed by atoms with E-state index in [9.17, 15) is 14.7 Å². The normalized spacial score (nSPS) is 14.1. The summed E-state index contributed by atoms with van der Waals surface area (Å²) in [6.45, 7) is 1.85. The summed E-state index contributed by atoms with van der Waals surface area (Å²) in [7, 11) is 0. The van der Waals surface area contributed by atoms with Crippen molar-refractivity contribution in [2.75, 3.05) is 5.73 Å². The second-order valence-corrected chi connectivity index (χ2v) is 10.4. The van der Waals surface area contributed by atoms with E-state index in [-0.39, 0.29) is 23.3 Å². The molecule has 1 amide bonds. The zero-order valence-corrected chi connectivity index (χ0v) is 23.0. The van der Waals surface area contributed by atoms with Gasteiger partial charge in [-0.05, 0) is 85.5 Å². The Morgan fingerprint density at radius 2 is 2.00 bits per heavy atom. The molecule has 11 nitrogen and oxygen atoms in total. The monoisotopic (exact) mass is 571 g/mol. The van der Waals surface area contributed by atoms with Crippen molar-refractivity contribution in [2.45, 2.75) is 25.8 Å². The number of phenols is 1. The summed E-state index contributed by atoms with van der Waals surface area (Å²) in [6, 6.07) is 17.4. The van der Waals surface area contributed by atoms with E-state index < -0.39 is 0 Å². The van der Waals surface area contributed by atoms with Crippen LogP contribution in [0.2, 0.25) is 0 Å². The van der Waals surface area contributed by atoms with Crippen LogP contribution in [0.4, 0.5) is 5.82 Å². The van der Waals surface area contributed by atoms with Crippen molar-refractivity contribution in [2.24, 2.45) is 0 Å². The number of imidazole rings is 1. The summed E-state index contributed by atoms with van der Waals surface area (Å²) < 4.78 is 7.56. The Balaban J connectivity index is 1.29. The highest BCUT2D eigenvalue weighted by Gasteiger charge is 2.27. The molecule has 43 heavy (non-hydrogen) atoms. The molecule has 0 saturated heterocycles. The highest BCUT2D eigenvalue weighted by molar-refractivity contribution is 5.96. The van der Waals surface area contributed by atoms with Crippen LogP contribution in [0.5, 0.6) is 5.75 Å².